The average Bonchev–Trinajstić information content (AvgIpc) is 2.67. The summed E-state index contributed by atoms with van der Waals surface area (Å²) in [6.45, 7) is 4.22. The van der Waals surface area contributed by atoms with Crippen molar-refractivity contribution in [3.8, 4) is 5.75 Å². The summed E-state index contributed by atoms with van der Waals surface area (Å²) in [6, 6.07) is 12.3. The van der Waals surface area contributed by atoms with Gasteiger partial charge >= 0.3 is 7.60 Å². The highest BCUT2D eigenvalue weighted by Gasteiger charge is 2.11. The van der Waals surface area contributed by atoms with Gasteiger partial charge in [-0.2, -0.15) is 0 Å². The minimum absolute atomic E-state index is 0.0774. The zero-order chi connectivity index (χ0) is 20.2. The van der Waals surface area contributed by atoms with Crippen LogP contribution in [0.5, 0.6) is 5.75 Å². The maximum Gasteiger partial charge on any atom is 0.325 e. The molecule has 0 aromatic heterocycles. The van der Waals surface area contributed by atoms with Crippen LogP contribution in [-0.4, -0.2) is 29.1 Å². The Kier molecular flexibility index (Phi) is 10.0. The third-order valence-corrected chi connectivity index (χ3v) is 5.75. The SMILES string of the molecule is CCCCCCCCOc1ccc(CNCCCP(=O)(O)O)c2ccccc12. The number of hydrogen-bond acceptors (Lipinski definition) is 3. The summed E-state index contributed by atoms with van der Waals surface area (Å²) in [7, 11) is -3.90. The van der Waals surface area contributed by atoms with Crippen LogP contribution in [0, 0.1) is 0 Å². The lowest BCUT2D eigenvalue weighted by Crippen LogP contribution is -2.16. The average molecular weight is 407 g/mol. The van der Waals surface area contributed by atoms with E-state index in [9.17, 15) is 4.57 Å². The predicted octanol–water partition coefficient (Wildman–Crippen LogP) is 5.24. The second kappa shape index (κ2) is 12.2. The van der Waals surface area contributed by atoms with Gasteiger partial charge in [-0.1, -0.05) is 69.4 Å². The standard InChI is InChI=1S/C22H34NO4P/c1-2-3-4-5-6-9-16-27-22-14-13-19(20-11-7-8-12-21(20)22)18-23-15-10-17-28(24,25)26/h7-8,11-14,23H,2-6,9-10,15-18H2,1H3,(H2,24,25,26). The van der Waals surface area contributed by atoms with Crippen LogP contribution >= 0.6 is 7.60 Å². The Balaban J connectivity index is 1.86. The number of fused-ring (bicyclic) bond motifs is 1. The van der Waals surface area contributed by atoms with Crippen LogP contribution in [0.15, 0.2) is 36.4 Å². The maximum absolute atomic E-state index is 10.9. The van der Waals surface area contributed by atoms with E-state index in [-0.39, 0.29) is 6.16 Å². The number of nitrogens with one attached hydrogen (secondary N) is 1. The molecule has 0 saturated carbocycles. The van der Waals surface area contributed by atoms with Gasteiger partial charge in [0.1, 0.15) is 5.75 Å². The molecule has 0 spiro atoms. The van der Waals surface area contributed by atoms with Crippen molar-refractivity contribution in [2.45, 2.75) is 58.4 Å². The smallest absolute Gasteiger partial charge is 0.325 e. The molecular weight excluding hydrogens is 373 g/mol. The number of unbranched alkanes of at least 4 members (excludes halogenated alkanes) is 5. The van der Waals surface area contributed by atoms with Gasteiger partial charge in [0.2, 0.25) is 0 Å². The van der Waals surface area contributed by atoms with E-state index in [1.165, 1.54) is 37.7 Å². The molecule has 0 radical (unpaired) electrons. The highest BCUT2D eigenvalue weighted by molar-refractivity contribution is 7.51. The third-order valence-electron chi connectivity index (χ3n) is 4.85. The van der Waals surface area contributed by atoms with Crippen molar-refractivity contribution in [2.75, 3.05) is 19.3 Å². The summed E-state index contributed by atoms with van der Waals surface area (Å²) in [4.78, 5) is 17.8. The van der Waals surface area contributed by atoms with E-state index >= 15 is 0 Å². The van der Waals surface area contributed by atoms with Crippen LogP contribution < -0.4 is 10.1 Å². The Hall–Kier alpha value is -1.39. The molecule has 0 amide bonds. The van der Waals surface area contributed by atoms with Crippen LogP contribution in [0.3, 0.4) is 0 Å². The molecule has 2 aromatic rings. The molecule has 0 fully saturated rings. The monoisotopic (exact) mass is 407 g/mol. The zero-order valence-corrected chi connectivity index (χ0v) is 17.8. The van der Waals surface area contributed by atoms with E-state index in [2.05, 4.69) is 30.4 Å². The molecule has 28 heavy (non-hydrogen) atoms. The van der Waals surface area contributed by atoms with Crippen molar-refractivity contribution in [1.29, 1.82) is 0 Å². The van der Waals surface area contributed by atoms with Crippen molar-refractivity contribution < 1.29 is 19.1 Å². The minimum atomic E-state index is -3.90. The first-order valence-electron chi connectivity index (χ1n) is 10.4. The van der Waals surface area contributed by atoms with Gasteiger partial charge in [0.15, 0.2) is 0 Å². The lowest BCUT2D eigenvalue weighted by molar-refractivity contribution is 0.307. The number of rotatable bonds is 14. The van der Waals surface area contributed by atoms with Gasteiger partial charge in [-0.05, 0) is 36.4 Å². The van der Waals surface area contributed by atoms with E-state index in [0.29, 0.717) is 19.5 Å². The summed E-state index contributed by atoms with van der Waals surface area (Å²) in [6.07, 6.45) is 7.87. The Morgan fingerprint density at radius 2 is 1.64 bits per heavy atom. The summed E-state index contributed by atoms with van der Waals surface area (Å²) < 4.78 is 17.0. The molecule has 0 aliphatic carbocycles. The van der Waals surface area contributed by atoms with Gasteiger partial charge in [0.05, 0.1) is 12.8 Å². The largest absolute Gasteiger partial charge is 0.493 e. The zero-order valence-electron chi connectivity index (χ0n) is 16.9. The lowest BCUT2D eigenvalue weighted by atomic mass is 10.0. The van der Waals surface area contributed by atoms with Crippen molar-refractivity contribution in [3.05, 3.63) is 42.0 Å². The van der Waals surface area contributed by atoms with Crippen LogP contribution in [0.25, 0.3) is 10.8 Å². The molecular formula is C22H34NO4P. The summed E-state index contributed by atoms with van der Waals surface area (Å²) in [5.41, 5.74) is 1.17. The Labute approximate surface area is 168 Å². The molecule has 2 rings (SSSR count). The van der Waals surface area contributed by atoms with Crippen molar-refractivity contribution >= 4 is 18.4 Å². The fourth-order valence-electron chi connectivity index (χ4n) is 3.31. The van der Waals surface area contributed by atoms with Crippen LogP contribution in [0.4, 0.5) is 0 Å². The van der Waals surface area contributed by atoms with Gasteiger partial charge in [0, 0.05) is 11.9 Å². The van der Waals surface area contributed by atoms with Gasteiger partial charge in [-0.3, -0.25) is 4.57 Å². The van der Waals surface area contributed by atoms with Crippen molar-refractivity contribution in [2.24, 2.45) is 0 Å². The molecule has 0 aliphatic rings. The summed E-state index contributed by atoms with van der Waals surface area (Å²) in [5, 5.41) is 5.55. The Morgan fingerprint density at radius 3 is 2.39 bits per heavy atom. The summed E-state index contributed by atoms with van der Waals surface area (Å²) in [5.74, 6) is 0.925. The molecule has 0 atom stereocenters. The third kappa shape index (κ3) is 8.32. The van der Waals surface area contributed by atoms with E-state index in [1.807, 2.05) is 18.2 Å². The first kappa shape index (κ1) is 22.9. The highest BCUT2D eigenvalue weighted by Crippen LogP contribution is 2.34. The van der Waals surface area contributed by atoms with Gasteiger partial charge in [0.25, 0.3) is 0 Å². The van der Waals surface area contributed by atoms with E-state index in [4.69, 9.17) is 14.5 Å². The molecule has 156 valence electrons. The Morgan fingerprint density at radius 1 is 0.929 bits per heavy atom. The fraction of sp³-hybridized carbons (Fsp3) is 0.545. The van der Waals surface area contributed by atoms with Gasteiger partial charge < -0.3 is 19.8 Å². The van der Waals surface area contributed by atoms with E-state index in [1.54, 1.807) is 0 Å². The van der Waals surface area contributed by atoms with E-state index in [0.717, 1.165) is 29.5 Å². The second-order valence-electron chi connectivity index (χ2n) is 7.30. The van der Waals surface area contributed by atoms with Crippen LogP contribution in [-0.2, 0) is 11.1 Å². The topological polar surface area (TPSA) is 78.8 Å². The molecule has 3 N–H and O–H groups in total. The molecule has 0 aliphatic heterocycles. The Bertz CT molecular complexity index is 759. The lowest BCUT2D eigenvalue weighted by Gasteiger charge is -2.13. The number of ether oxygens (including phenoxy) is 1. The fourth-order valence-corrected chi connectivity index (χ4v) is 3.88. The number of benzene rings is 2. The van der Waals surface area contributed by atoms with Gasteiger partial charge in [-0.15, -0.1) is 0 Å². The second-order valence-corrected chi connectivity index (χ2v) is 9.08. The molecule has 0 saturated heterocycles. The predicted molar refractivity (Wildman–Crippen MR) is 116 cm³/mol. The molecule has 5 nitrogen and oxygen atoms in total. The molecule has 0 unspecified atom stereocenters. The first-order chi connectivity index (χ1) is 13.5. The molecule has 6 heteroatoms. The molecule has 2 aromatic carbocycles. The van der Waals surface area contributed by atoms with Crippen molar-refractivity contribution in [1.82, 2.24) is 5.32 Å². The summed E-state index contributed by atoms with van der Waals surface area (Å²) >= 11 is 0. The van der Waals surface area contributed by atoms with Crippen LogP contribution in [0.1, 0.15) is 57.4 Å². The quantitative estimate of drug-likeness (QED) is 0.295. The molecule has 0 heterocycles. The normalized spacial score (nSPS) is 11.8. The minimum Gasteiger partial charge on any atom is -0.493 e. The van der Waals surface area contributed by atoms with E-state index < -0.39 is 7.60 Å². The van der Waals surface area contributed by atoms with Gasteiger partial charge in [-0.25, -0.2) is 0 Å². The number of hydrogen-bond donors (Lipinski definition) is 3. The molecule has 0 bridgehead atoms. The van der Waals surface area contributed by atoms with Crippen molar-refractivity contribution in [3.63, 3.8) is 0 Å². The maximum atomic E-state index is 10.9. The highest BCUT2D eigenvalue weighted by atomic mass is 31.2. The first-order valence-corrected chi connectivity index (χ1v) is 12.2. The van der Waals surface area contributed by atoms with Crippen LogP contribution in [0.2, 0.25) is 0 Å².